The van der Waals surface area contributed by atoms with Gasteiger partial charge in [-0.2, -0.15) is 13.2 Å². The second-order valence-corrected chi connectivity index (χ2v) is 4.52. The SMILES string of the molecule is COC(C)(C)C(N)c1ccc(C(F)(F)F)c(F)c1. The number of hydrogen-bond acceptors (Lipinski definition) is 2. The summed E-state index contributed by atoms with van der Waals surface area (Å²) in [6.45, 7) is 3.35. The van der Waals surface area contributed by atoms with E-state index in [0.717, 1.165) is 12.1 Å². The summed E-state index contributed by atoms with van der Waals surface area (Å²) in [7, 11) is 1.43. The van der Waals surface area contributed by atoms with Gasteiger partial charge in [-0.3, -0.25) is 0 Å². The van der Waals surface area contributed by atoms with Crippen molar-refractivity contribution in [1.82, 2.24) is 0 Å². The Morgan fingerprint density at radius 1 is 1.22 bits per heavy atom. The summed E-state index contributed by atoms with van der Waals surface area (Å²) in [6.07, 6.45) is -4.70. The molecule has 1 aromatic carbocycles. The smallest absolute Gasteiger partial charge is 0.377 e. The summed E-state index contributed by atoms with van der Waals surface area (Å²) >= 11 is 0. The molecule has 0 saturated carbocycles. The van der Waals surface area contributed by atoms with Crippen molar-refractivity contribution in [1.29, 1.82) is 0 Å². The van der Waals surface area contributed by atoms with Crippen molar-refractivity contribution >= 4 is 0 Å². The second-order valence-electron chi connectivity index (χ2n) is 4.52. The molecular formula is C12H15F4NO. The molecular weight excluding hydrogens is 250 g/mol. The molecule has 0 aliphatic carbocycles. The molecule has 0 radical (unpaired) electrons. The van der Waals surface area contributed by atoms with Gasteiger partial charge < -0.3 is 10.5 Å². The zero-order valence-corrected chi connectivity index (χ0v) is 10.3. The van der Waals surface area contributed by atoms with E-state index >= 15 is 0 Å². The molecule has 0 heterocycles. The number of alkyl halides is 3. The maximum atomic E-state index is 13.4. The van der Waals surface area contributed by atoms with Gasteiger partial charge >= 0.3 is 6.18 Å². The molecule has 0 aliphatic heterocycles. The molecule has 0 aromatic heterocycles. The van der Waals surface area contributed by atoms with Crippen LogP contribution in [-0.4, -0.2) is 12.7 Å². The minimum Gasteiger partial charge on any atom is -0.377 e. The summed E-state index contributed by atoms with van der Waals surface area (Å²) in [5.41, 5.74) is 4.00. The highest BCUT2D eigenvalue weighted by molar-refractivity contribution is 5.29. The van der Waals surface area contributed by atoms with E-state index in [-0.39, 0.29) is 5.56 Å². The molecule has 102 valence electrons. The van der Waals surface area contributed by atoms with E-state index in [1.807, 2.05) is 0 Å². The van der Waals surface area contributed by atoms with E-state index in [9.17, 15) is 17.6 Å². The third-order valence-corrected chi connectivity index (χ3v) is 2.93. The van der Waals surface area contributed by atoms with Gasteiger partial charge in [0.05, 0.1) is 17.2 Å². The van der Waals surface area contributed by atoms with Gasteiger partial charge in [-0.05, 0) is 31.5 Å². The summed E-state index contributed by atoms with van der Waals surface area (Å²) in [4.78, 5) is 0. The molecule has 1 unspecified atom stereocenters. The van der Waals surface area contributed by atoms with Crippen molar-refractivity contribution in [3.8, 4) is 0 Å². The Labute approximate surface area is 103 Å². The summed E-state index contributed by atoms with van der Waals surface area (Å²) < 4.78 is 55.7. The fourth-order valence-corrected chi connectivity index (χ4v) is 1.48. The van der Waals surface area contributed by atoms with Crippen LogP contribution >= 0.6 is 0 Å². The van der Waals surface area contributed by atoms with Gasteiger partial charge in [0.1, 0.15) is 5.82 Å². The zero-order chi connectivity index (χ0) is 14.1. The Hall–Kier alpha value is -1.14. The maximum Gasteiger partial charge on any atom is 0.419 e. The topological polar surface area (TPSA) is 35.2 Å². The van der Waals surface area contributed by atoms with Crippen LogP contribution in [0.3, 0.4) is 0 Å². The Bertz CT molecular complexity index is 429. The van der Waals surface area contributed by atoms with Gasteiger partial charge in [-0.15, -0.1) is 0 Å². The molecule has 0 fully saturated rings. The van der Waals surface area contributed by atoms with Crippen molar-refractivity contribution in [2.24, 2.45) is 5.73 Å². The van der Waals surface area contributed by atoms with E-state index in [1.165, 1.54) is 7.11 Å². The molecule has 0 aliphatic rings. The molecule has 2 nitrogen and oxygen atoms in total. The number of ether oxygens (including phenoxy) is 1. The lowest BCUT2D eigenvalue weighted by Crippen LogP contribution is -2.37. The Balaban J connectivity index is 3.13. The monoisotopic (exact) mass is 265 g/mol. The highest BCUT2D eigenvalue weighted by Gasteiger charge is 2.35. The van der Waals surface area contributed by atoms with Gasteiger partial charge in [0.2, 0.25) is 0 Å². The minimum atomic E-state index is -4.70. The zero-order valence-electron chi connectivity index (χ0n) is 10.3. The predicted octanol–water partition coefficient (Wildman–Crippen LogP) is 3.27. The Kier molecular flexibility index (Phi) is 4.02. The van der Waals surface area contributed by atoms with Crippen LogP contribution in [0.5, 0.6) is 0 Å². The average molecular weight is 265 g/mol. The van der Waals surface area contributed by atoms with Crippen LogP contribution < -0.4 is 5.73 Å². The lowest BCUT2D eigenvalue weighted by molar-refractivity contribution is -0.140. The highest BCUT2D eigenvalue weighted by atomic mass is 19.4. The fraction of sp³-hybridized carbons (Fsp3) is 0.500. The minimum absolute atomic E-state index is 0.257. The number of methoxy groups -OCH3 is 1. The lowest BCUT2D eigenvalue weighted by Gasteiger charge is -2.30. The van der Waals surface area contributed by atoms with Crippen LogP contribution in [0.1, 0.15) is 31.0 Å². The van der Waals surface area contributed by atoms with Crippen molar-refractivity contribution in [3.63, 3.8) is 0 Å². The van der Waals surface area contributed by atoms with Gasteiger partial charge in [-0.1, -0.05) is 6.07 Å². The molecule has 1 rings (SSSR count). The standard InChI is InChI=1S/C12H15F4NO/c1-11(2,18-3)10(17)7-4-5-8(9(13)6-7)12(14,15)16/h4-6,10H,17H2,1-3H3. The first-order valence-corrected chi connectivity index (χ1v) is 5.27. The molecule has 0 amide bonds. The van der Waals surface area contributed by atoms with Crippen LogP contribution in [-0.2, 0) is 10.9 Å². The maximum absolute atomic E-state index is 13.4. The summed E-state index contributed by atoms with van der Waals surface area (Å²) in [6, 6.07) is 1.93. The number of benzene rings is 1. The van der Waals surface area contributed by atoms with Crippen molar-refractivity contribution in [2.45, 2.75) is 31.7 Å². The molecule has 1 atom stereocenters. The van der Waals surface area contributed by atoms with Crippen LogP contribution in [0, 0.1) is 5.82 Å². The first-order valence-electron chi connectivity index (χ1n) is 5.27. The molecule has 1 aromatic rings. The third-order valence-electron chi connectivity index (χ3n) is 2.93. The largest absolute Gasteiger partial charge is 0.419 e. The van der Waals surface area contributed by atoms with E-state index < -0.39 is 29.2 Å². The van der Waals surface area contributed by atoms with E-state index in [4.69, 9.17) is 10.5 Å². The molecule has 0 bridgehead atoms. The second kappa shape index (κ2) is 4.85. The quantitative estimate of drug-likeness (QED) is 0.851. The molecule has 0 spiro atoms. The van der Waals surface area contributed by atoms with Crippen LogP contribution in [0.15, 0.2) is 18.2 Å². The molecule has 18 heavy (non-hydrogen) atoms. The van der Waals surface area contributed by atoms with Gasteiger partial charge in [0, 0.05) is 7.11 Å². The lowest BCUT2D eigenvalue weighted by atomic mass is 9.92. The average Bonchev–Trinajstić information content (AvgIpc) is 2.26. The van der Waals surface area contributed by atoms with Gasteiger partial charge in [-0.25, -0.2) is 4.39 Å². The van der Waals surface area contributed by atoms with Crippen molar-refractivity contribution < 1.29 is 22.3 Å². The first kappa shape index (κ1) is 14.9. The highest BCUT2D eigenvalue weighted by Crippen LogP contribution is 2.34. The van der Waals surface area contributed by atoms with Crippen LogP contribution in [0.4, 0.5) is 17.6 Å². The van der Waals surface area contributed by atoms with E-state index in [1.54, 1.807) is 13.8 Å². The number of nitrogens with two attached hydrogens (primary N) is 1. The number of halogens is 4. The van der Waals surface area contributed by atoms with Crippen LogP contribution in [0.2, 0.25) is 0 Å². The first-order chi connectivity index (χ1) is 8.09. The van der Waals surface area contributed by atoms with Gasteiger partial charge in [0.25, 0.3) is 0 Å². The molecule has 2 N–H and O–H groups in total. The summed E-state index contributed by atoms with van der Waals surface area (Å²) in [5, 5.41) is 0. The van der Waals surface area contributed by atoms with Gasteiger partial charge in [0.15, 0.2) is 0 Å². The predicted molar refractivity (Wildman–Crippen MR) is 59.4 cm³/mol. The summed E-state index contributed by atoms with van der Waals surface area (Å²) in [5.74, 6) is -1.33. The Morgan fingerprint density at radius 2 is 1.78 bits per heavy atom. The molecule has 6 heteroatoms. The van der Waals surface area contributed by atoms with E-state index in [0.29, 0.717) is 6.07 Å². The third kappa shape index (κ3) is 3.00. The Morgan fingerprint density at radius 3 is 2.17 bits per heavy atom. The fourth-order valence-electron chi connectivity index (χ4n) is 1.48. The van der Waals surface area contributed by atoms with E-state index in [2.05, 4.69) is 0 Å². The van der Waals surface area contributed by atoms with Crippen molar-refractivity contribution in [3.05, 3.63) is 35.1 Å². The van der Waals surface area contributed by atoms with Crippen LogP contribution in [0.25, 0.3) is 0 Å². The number of rotatable bonds is 3. The normalized spacial score (nSPS) is 14.7. The van der Waals surface area contributed by atoms with Crippen molar-refractivity contribution in [2.75, 3.05) is 7.11 Å². The molecule has 0 saturated heterocycles. The number of hydrogen-bond donors (Lipinski definition) is 1.